The van der Waals surface area contributed by atoms with Crippen LogP contribution in [0.1, 0.15) is 10.6 Å². The van der Waals surface area contributed by atoms with Gasteiger partial charge in [0.1, 0.15) is 11.6 Å². The van der Waals surface area contributed by atoms with Crippen molar-refractivity contribution in [1.82, 2.24) is 0 Å². The zero-order valence-electron chi connectivity index (χ0n) is 14.8. The molecule has 0 saturated heterocycles. The van der Waals surface area contributed by atoms with E-state index in [1.54, 1.807) is 6.07 Å². The molecule has 3 aromatic rings. The molecule has 29 heavy (non-hydrogen) atoms. The minimum absolute atomic E-state index is 0.138. The summed E-state index contributed by atoms with van der Waals surface area (Å²) in [6.45, 7) is -0.645. The molecule has 1 heterocycles. The summed E-state index contributed by atoms with van der Waals surface area (Å²) >= 11 is 0. The van der Waals surface area contributed by atoms with Gasteiger partial charge in [-0.3, -0.25) is 4.79 Å². The number of ether oxygens (including phenoxy) is 1. The molecule has 0 saturated carbocycles. The molecule has 3 rings (SSSR count). The summed E-state index contributed by atoms with van der Waals surface area (Å²) in [6.07, 6.45) is 0. The summed E-state index contributed by atoms with van der Waals surface area (Å²) in [4.78, 5) is 23.8. The number of benzene rings is 2. The number of furan rings is 1. The lowest BCUT2D eigenvalue weighted by atomic mass is 10.1. The van der Waals surface area contributed by atoms with Crippen LogP contribution in [0, 0.1) is 5.82 Å². The number of sulfonamides is 1. The van der Waals surface area contributed by atoms with Crippen LogP contribution in [-0.2, 0) is 19.6 Å². The van der Waals surface area contributed by atoms with E-state index in [0.29, 0.717) is 0 Å². The van der Waals surface area contributed by atoms with E-state index in [4.69, 9.17) is 14.3 Å². The summed E-state index contributed by atoms with van der Waals surface area (Å²) < 4.78 is 46.6. The van der Waals surface area contributed by atoms with E-state index >= 15 is 0 Å². The minimum atomic E-state index is -3.92. The van der Waals surface area contributed by atoms with Gasteiger partial charge in [-0.25, -0.2) is 22.7 Å². The molecule has 150 valence electrons. The second-order valence-corrected chi connectivity index (χ2v) is 7.40. The van der Waals surface area contributed by atoms with Gasteiger partial charge in [-0.1, -0.05) is 18.2 Å². The van der Waals surface area contributed by atoms with Crippen molar-refractivity contribution in [3.63, 3.8) is 0 Å². The van der Waals surface area contributed by atoms with Gasteiger partial charge in [0.25, 0.3) is 5.91 Å². The van der Waals surface area contributed by atoms with Crippen LogP contribution < -0.4 is 10.5 Å². The average molecular weight is 418 g/mol. The molecule has 8 nitrogen and oxygen atoms in total. The molecular formula is C19H15FN2O6S. The highest BCUT2D eigenvalue weighted by atomic mass is 32.2. The highest BCUT2D eigenvalue weighted by Crippen LogP contribution is 2.25. The number of hydrogen-bond donors (Lipinski definition) is 2. The number of hydrogen-bond acceptors (Lipinski definition) is 6. The topological polar surface area (TPSA) is 129 Å². The van der Waals surface area contributed by atoms with E-state index in [2.05, 4.69) is 5.32 Å². The summed E-state index contributed by atoms with van der Waals surface area (Å²) in [5.74, 6) is -2.19. The van der Waals surface area contributed by atoms with Gasteiger partial charge in [0.15, 0.2) is 6.61 Å². The van der Waals surface area contributed by atoms with Gasteiger partial charge < -0.3 is 14.5 Å². The molecule has 0 aliphatic carbocycles. The number of anilines is 1. The highest BCUT2D eigenvalue weighted by Gasteiger charge is 2.17. The van der Waals surface area contributed by atoms with Crippen LogP contribution >= 0.6 is 0 Å². The van der Waals surface area contributed by atoms with Crippen molar-refractivity contribution >= 4 is 27.6 Å². The van der Waals surface area contributed by atoms with Crippen molar-refractivity contribution in [2.45, 2.75) is 4.90 Å². The Labute approximate surface area is 165 Å². The Hall–Kier alpha value is -3.50. The molecule has 0 spiro atoms. The molecule has 0 aliphatic rings. The third-order valence-corrected chi connectivity index (χ3v) is 4.64. The first kappa shape index (κ1) is 20.2. The lowest BCUT2D eigenvalue weighted by Gasteiger charge is -2.07. The molecule has 3 N–H and O–H groups in total. The lowest BCUT2D eigenvalue weighted by molar-refractivity contribution is -0.119. The highest BCUT2D eigenvalue weighted by molar-refractivity contribution is 7.89. The molecule has 0 unspecified atom stereocenters. The maximum Gasteiger partial charge on any atom is 0.374 e. The van der Waals surface area contributed by atoms with E-state index in [1.165, 1.54) is 54.6 Å². The van der Waals surface area contributed by atoms with Crippen LogP contribution in [0.15, 0.2) is 70.0 Å². The van der Waals surface area contributed by atoms with Gasteiger partial charge in [-0.15, -0.1) is 0 Å². The average Bonchev–Trinajstić information content (AvgIpc) is 3.16. The molecule has 10 heteroatoms. The number of nitrogens with two attached hydrogens (primary N) is 1. The van der Waals surface area contributed by atoms with E-state index < -0.39 is 34.3 Å². The molecule has 1 aromatic heterocycles. The molecule has 0 bridgehead atoms. The SMILES string of the molecule is NS(=O)(=O)c1cccc(NC(=O)COC(=O)c2ccc(-c3ccccc3F)o2)c1. The van der Waals surface area contributed by atoms with Gasteiger partial charge in [0.05, 0.1) is 10.5 Å². The Morgan fingerprint density at radius 3 is 2.55 bits per heavy atom. The summed E-state index contributed by atoms with van der Waals surface area (Å²) in [5, 5.41) is 7.41. The fourth-order valence-electron chi connectivity index (χ4n) is 2.40. The second kappa shape index (κ2) is 8.25. The van der Waals surface area contributed by atoms with Crippen LogP contribution in [-0.4, -0.2) is 26.9 Å². The van der Waals surface area contributed by atoms with E-state index in [-0.39, 0.29) is 27.7 Å². The van der Waals surface area contributed by atoms with Gasteiger partial charge in [0, 0.05) is 5.69 Å². The molecule has 0 aliphatic heterocycles. The maximum atomic E-state index is 13.8. The van der Waals surface area contributed by atoms with Crippen LogP contribution in [0.25, 0.3) is 11.3 Å². The van der Waals surface area contributed by atoms with Crippen molar-refractivity contribution in [3.8, 4) is 11.3 Å². The van der Waals surface area contributed by atoms with E-state index in [0.717, 1.165) is 0 Å². The van der Waals surface area contributed by atoms with Crippen LogP contribution in [0.3, 0.4) is 0 Å². The molecule has 0 radical (unpaired) electrons. The number of carbonyl (C=O) groups is 2. The minimum Gasteiger partial charge on any atom is -0.450 e. The fourth-order valence-corrected chi connectivity index (χ4v) is 2.96. The van der Waals surface area contributed by atoms with Gasteiger partial charge in [0.2, 0.25) is 15.8 Å². The lowest BCUT2D eigenvalue weighted by Crippen LogP contribution is -2.21. The quantitative estimate of drug-likeness (QED) is 0.592. The summed E-state index contributed by atoms with van der Waals surface area (Å²) in [7, 11) is -3.92. The van der Waals surface area contributed by atoms with Gasteiger partial charge in [-0.05, 0) is 42.5 Å². The first-order chi connectivity index (χ1) is 13.7. The van der Waals surface area contributed by atoms with E-state index in [9.17, 15) is 22.4 Å². The zero-order chi connectivity index (χ0) is 21.0. The number of halogens is 1. The number of nitrogens with one attached hydrogen (secondary N) is 1. The standard InChI is InChI=1S/C19H15FN2O6S/c20-15-7-2-1-6-14(15)16-8-9-17(28-16)19(24)27-11-18(23)22-12-4-3-5-13(10-12)29(21,25)26/h1-10H,11H2,(H,22,23)(H2,21,25,26). The first-order valence-corrected chi connectivity index (χ1v) is 9.73. The third kappa shape index (κ3) is 5.06. The molecule has 0 fully saturated rings. The second-order valence-electron chi connectivity index (χ2n) is 5.84. The van der Waals surface area contributed by atoms with Crippen molar-refractivity contribution in [3.05, 3.63) is 72.2 Å². The Balaban J connectivity index is 1.60. The Bertz CT molecular complexity index is 1170. The Kier molecular flexibility index (Phi) is 5.76. The number of rotatable bonds is 6. The zero-order valence-corrected chi connectivity index (χ0v) is 15.6. The summed E-state index contributed by atoms with van der Waals surface area (Å²) in [6, 6.07) is 13.9. The van der Waals surface area contributed by atoms with Crippen LogP contribution in [0.5, 0.6) is 0 Å². The predicted molar refractivity (Wildman–Crippen MR) is 101 cm³/mol. The summed E-state index contributed by atoms with van der Waals surface area (Å²) in [5.41, 5.74) is 0.344. The normalized spacial score (nSPS) is 11.1. The fraction of sp³-hybridized carbons (Fsp3) is 0.0526. The Morgan fingerprint density at radius 2 is 1.83 bits per heavy atom. The van der Waals surface area contributed by atoms with Gasteiger partial charge >= 0.3 is 5.97 Å². The number of carbonyl (C=O) groups excluding carboxylic acids is 2. The van der Waals surface area contributed by atoms with Gasteiger partial charge in [-0.2, -0.15) is 0 Å². The van der Waals surface area contributed by atoms with E-state index in [1.807, 2.05) is 0 Å². The third-order valence-electron chi connectivity index (χ3n) is 3.73. The van der Waals surface area contributed by atoms with Crippen molar-refractivity contribution < 1.29 is 31.6 Å². The number of amides is 1. The number of primary sulfonamides is 1. The molecule has 2 aromatic carbocycles. The monoisotopic (exact) mass is 418 g/mol. The largest absolute Gasteiger partial charge is 0.450 e. The first-order valence-electron chi connectivity index (χ1n) is 8.18. The molecule has 0 atom stereocenters. The molecule has 1 amide bonds. The van der Waals surface area contributed by atoms with Crippen molar-refractivity contribution in [2.24, 2.45) is 5.14 Å². The Morgan fingerprint density at radius 1 is 1.07 bits per heavy atom. The maximum absolute atomic E-state index is 13.8. The van der Waals surface area contributed by atoms with Crippen molar-refractivity contribution in [2.75, 3.05) is 11.9 Å². The molecular weight excluding hydrogens is 403 g/mol. The number of esters is 1. The van der Waals surface area contributed by atoms with Crippen LogP contribution in [0.4, 0.5) is 10.1 Å². The predicted octanol–water partition coefficient (Wildman–Crippen LogP) is 2.53. The smallest absolute Gasteiger partial charge is 0.374 e. The van der Waals surface area contributed by atoms with Crippen LogP contribution in [0.2, 0.25) is 0 Å². The van der Waals surface area contributed by atoms with Crippen molar-refractivity contribution in [1.29, 1.82) is 0 Å².